The smallest absolute Gasteiger partial charge is 0.266 e. The Labute approximate surface area is 149 Å². The summed E-state index contributed by atoms with van der Waals surface area (Å²) in [6, 6.07) is 11.3. The first kappa shape index (κ1) is 16.9. The van der Waals surface area contributed by atoms with Gasteiger partial charge in [-0.15, -0.1) is 0 Å². The fraction of sp³-hybridized carbons (Fsp3) is 0.111. The summed E-state index contributed by atoms with van der Waals surface area (Å²) in [5, 5.41) is 19.5. The van der Waals surface area contributed by atoms with Gasteiger partial charge in [-0.3, -0.25) is 9.69 Å². The molecule has 2 aromatic carbocycles. The molecule has 1 aliphatic rings. The van der Waals surface area contributed by atoms with Gasteiger partial charge >= 0.3 is 0 Å². The van der Waals surface area contributed by atoms with Crippen LogP contribution in [0.2, 0.25) is 0 Å². The van der Waals surface area contributed by atoms with Crippen LogP contribution in [0.15, 0.2) is 52.4 Å². The number of carbonyl (C=O) groups is 1. The maximum atomic E-state index is 12.4. The van der Waals surface area contributed by atoms with Crippen molar-refractivity contribution in [1.82, 2.24) is 4.90 Å². The maximum Gasteiger partial charge on any atom is 0.266 e. The van der Waals surface area contributed by atoms with Crippen molar-refractivity contribution in [1.29, 1.82) is 0 Å². The minimum absolute atomic E-state index is 0.0433. The molecule has 0 saturated carbocycles. The fourth-order valence-corrected chi connectivity index (χ4v) is 3.21. The van der Waals surface area contributed by atoms with Gasteiger partial charge in [-0.1, -0.05) is 6.07 Å². The molecule has 1 aliphatic heterocycles. The van der Waals surface area contributed by atoms with E-state index in [0.717, 1.165) is 5.56 Å². The first-order valence-corrected chi connectivity index (χ1v) is 8.22. The van der Waals surface area contributed by atoms with Crippen LogP contribution in [0.3, 0.4) is 0 Å². The summed E-state index contributed by atoms with van der Waals surface area (Å²) in [5.74, 6) is 0.391. The molecule has 25 heavy (non-hydrogen) atoms. The third kappa shape index (κ3) is 3.61. The molecule has 7 heteroatoms. The van der Waals surface area contributed by atoms with Gasteiger partial charge in [0.2, 0.25) is 0 Å². The maximum absolute atomic E-state index is 12.4. The highest BCUT2D eigenvalue weighted by Crippen LogP contribution is 2.34. The lowest BCUT2D eigenvalue weighted by molar-refractivity contribution is -0.121. The molecule has 0 aromatic heterocycles. The van der Waals surface area contributed by atoms with E-state index in [1.165, 1.54) is 29.8 Å². The van der Waals surface area contributed by atoms with Crippen molar-refractivity contribution in [2.45, 2.75) is 0 Å². The van der Waals surface area contributed by atoms with Crippen LogP contribution in [0.4, 0.5) is 5.69 Å². The topological polar surface area (TPSA) is 82.4 Å². The summed E-state index contributed by atoms with van der Waals surface area (Å²) in [5.41, 5.74) is 1.39. The Morgan fingerprint density at radius 3 is 2.56 bits per heavy atom. The normalized spacial score (nSPS) is 17.5. The monoisotopic (exact) mass is 356 g/mol. The number of methoxy groups -OCH3 is 1. The van der Waals surface area contributed by atoms with Crippen molar-refractivity contribution in [2.24, 2.45) is 4.99 Å². The van der Waals surface area contributed by atoms with Gasteiger partial charge in [-0.05, 0) is 59.8 Å². The van der Waals surface area contributed by atoms with E-state index in [1.54, 1.807) is 49.5 Å². The van der Waals surface area contributed by atoms with Gasteiger partial charge in [0.15, 0.2) is 16.7 Å². The molecule has 0 aliphatic carbocycles. The number of amides is 1. The predicted octanol–water partition coefficient (Wildman–Crippen LogP) is 3.34. The molecule has 0 atom stereocenters. The van der Waals surface area contributed by atoms with Crippen molar-refractivity contribution in [3.05, 3.63) is 52.9 Å². The Hall–Kier alpha value is -2.93. The molecule has 1 fully saturated rings. The molecule has 1 amide bonds. The molecule has 6 nitrogen and oxygen atoms in total. The average Bonchev–Trinajstić information content (AvgIpc) is 2.86. The minimum Gasteiger partial charge on any atom is -0.508 e. The number of phenolic OH excluding ortho intramolecular Hbond substituents is 2. The van der Waals surface area contributed by atoms with Crippen molar-refractivity contribution in [2.75, 3.05) is 14.2 Å². The van der Waals surface area contributed by atoms with Crippen LogP contribution in [0.25, 0.3) is 6.08 Å². The first-order valence-electron chi connectivity index (χ1n) is 7.40. The molecule has 0 bridgehead atoms. The Morgan fingerprint density at radius 1 is 1.16 bits per heavy atom. The van der Waals surface area contributed by atoms with Gasteiger partial charge in [-0.2, -0.15) is 0 Å². The van der Waals surface area contributed by atoms with Crippen LogP contribution in [0.5, 0.6) is 17.2 Å². The van der Waals surface area contributed by atoms with Gasteiger partial charge in [0.25, 0.3) is 5.91 Å². The number of hydrogen-bond donors (Lipinski definition) is 2. The van der Waals surface area contributed by atoms with Crippen molar-refractivity contribution >= 4 is 34.6 Å². The minimum atomic E-state index is -0.158. The molecular formula is C18H16N2O4S. The number of aliphatic imine (C=N–C) groups is 1. The molecule has 1 heterocycles. The largest absolute Gasteiger partial charge is 0.508 e. The van der Waals surface area contributed by atoms with E-state index in [0.29, 0.717) is 21.5 Å². The second-order valence-corrected chi connectivity index (χ2v) is 6.33. The lowest BCUT2D eigenvalue weighted by Crippen LogP contribution is -2.23. The first-order chi connectivity index (χ1) is 12.0. The number of phenols is 2. The molecular weight excluding hydrogens is 340 g/mol. The van der Waals surface area contributed by atoms with Crippen LogP contribution in [-0.2, 0) is 4.79 Å². The Morgan fingerprint density at radius 2 is 1.88 bits per heavy atom. The lowest BCUT2D eigenvalue weighted by Gasteiger charge is -2.07. The summed E-state index contributed by atoms with van der Waals surface area (Å²) in [4.78, 5) is 18.9. The lowest BCUT2D eigenvalue weighted by atomic mass is 10.2. The van der Waals surface area contributed by atoms with Gasteiger partial charge in [0.05, 0.1) is 17.7 Å². The van der Waals surface area contributed by atoms with Crippen LogP contribution in [-0.4, -0.2) is 40.3 Å². The van der Waals surface area contributed by atoms with Gasteiger partial charge < -0.3 is 14.9 Å². The molecule has 1 saturated heterocycles. The Balaban J connectivity index is 1.89. The molecule has 2 aromatic rings. The number of ether oxygens (including phenoxy) is 1. The highest BCUT2D eigenvalue weighted by Gasteiger charge is 2.30. The number of rotatable bonds is 3. The number of benzene rings is 2. The molecule has 0 radical (unpaired) electrons. The zero-order valence-electron chi connectivity index (χ0n) is 13.6. The van der Waals surface area contributed by atoms with Gasteiger partial charge in [0.1, 0.15) is 5.75 Å². The number of aromatic hydroxyl groups is 2. The third-order valence-corrected chi connectivity index (χ3v) is 4.64. The Bertz CT molecular complexity index is 875. The predicted molar refractivity (Wildman–Crippen MR) is 98.2 cm³/mol. The molecule has 0 unspecified atom stereocenters. The number of nitrogens with zero attached hydrogens (tertiary/aromatic N) is 2. The van der Waals surface area contributed by atoms with E-state index in [1.807, 2.05) is 0 Å². The van der Waals surface area contributed by atoms with Gasteiger partial charge in [0, 0.05) is 7.05 Å². The number of likely N-dealkylation sites (N-methyl/N-ethyl adjacent to an activating group) is 1. The van der Waals surface area contributed by atoms with E-state index in [9.17, 15) is 15.0 Å². The van der Waals surface area contributed by atoms with Crippen LogP contribution in [0, 0.1) is 0 Å². The Kier molecular flexibility index (Phi) is 4.67. The summed E-state index contributed by atoms with van der Waals surface area (Å²) < 4.78 is 5.08. The second kappa shape index (κ2) is 6.90. The van der Waals surface area contributed by atoms with Crippen LogP contribution < -0.4 is 4.74 Å². The van der Waals surface area contributed by atoms with E-state index < -0.39 is 0 Å². The third-order valence-electron chi connectivity index (χ3n) is 3.58. The molecule has 2 N–H and O–H groups in total. The molecule has 128 valence electrons. The van der Waals surface area contributed by atoms with Crippen molar-refractivity contribution in [3.63, 3.8) is 0 Å². The van der Waals surface area contributed by atoms with Crippen LogP contribution in [0.1, 0.15) is 5.56 Å². The number of thioether (sulfide) groups is 1. The second-order valence-electron chi connectivity index (χ2n) is 5.32. The zero-order chi connectivity index (χ0) is 18.0. The molecule has 0 spiro atoms. The van der Waals surface area contributed by atoms with E-state index >= 15 is 0 Å². The van der Waals surface area contributed by atoms with E-state index in [4.69, 9.17) is 4.74 Å². The summed E-state index contributed by atoms with van der Waals surface area (Å²) >= 11 is 1.26. The van der Waals surface area contributed by atoms with E-state index in [2.05, 4.69) is 4.99 Å². The average molecular weight is 356 g/mol. The highest BCUT2D eigenvalue weighted by molar-refractivity contribution is 8.18. The quantitative estimate of drug-likeness (QED) is 0.824. The number of amidine groups is 1. The summed E-state index contributed by atoms with van der Waals surface area (Å²) in [6.07, 6.45) is 1.73. The van der Waals surface area contributed by atoms with Crippen molar-refractivity contribution < 1.29 is 19.7 Å². The fourth-order valence-electron chi connectivity index (χ4n) is 2.22. The van der Waals surface area contributed by atoms with Gasteiger partial charge in [-0.25, -0.2) is 4.99 Å². The SMILES string of the molecule is COc1cc(/C=C2\SC(=Nc3ccc(O)cc3)N(C)C2=O)ccc1O. The highest BCUT2D eigenvalue weighted by atomic mass is 32.2. The van der Waals surface area contributed by atoms with Crippen LogP contribution >= 0.6 is 11.8 Å². The standard InChI is InChI=1S/C18H16N2O4S/c1-20-17(23)16(10-11-3-8-14(22)15(9-11)24-2)25-18(20)19-12-4-6-13(21)7-5-12/h3-10,21-22H,1-2H3/b16-10-,19-18?. The summed E-state index contributed by atoms with van der Waals surface area (Å²) in [7, 11) is 3.13. The molecule has 3 rings (SSSR count). The van der Waals surface area contributed by atoms with Crippen molar-refractivity contribution in [3.8, 4) is 17.2 Å². The van der Waals surface area contributed by atoms with E-state index in [-0.39, 0.29) is 17.4 Å². The number of hydrogen-bond acceptors (Lipinski definition) is 6. The summed E-state index contributed by atoms with van der Waals surface area (Å²) in [6.45, 7) is 0. The zero-order valence-corrected chi connectivity index (χ0v) is 14.4. The number of carbonyl (C=O) groups excluding carboxylic acids is 1.